The van der Waals surface area contributed by atoms with Crippen LogP contribution in [-0.4, -0.2) is 9.97 Å². The lowest BCUT2D eigenvalue weighted by molar-refractivity contribution is 0.795. The van der Waals surface area contributed by atoms with Gasteiger partial charge in [0.05, 0.1) is 0 Å². The molecule has 2 N–H and O–H groups in total. The number of nitrogens with two attached hydrogens (primary N) is 1. The van der Waals surface area contributed by atoms with Gasteiger partial charge in [-0.2, -0.15) is 0 Å². The molecular formula is C13H14BrN3S. The Labute approximate surface area is 119 Å². The predicted octanol–water partition coefficient (Wildman–Crippen LogP) is 3.72. The van der Waals surface area contributed by atoms with Crippen molar-refractivity contribution < 1.29 is 0 Å². The molecule has 0 amide bonds. The first-order valence-electron chi connectivity index (χ1n) is 5.59. The fourth-order valence-corrected chi connectivity index (χ4v) is 3.12. The largest absolute Gasteiger partial charge is 0.324 e. The van der Waals surface area contributed by atoms with E-state index in [9.17, 15) is 0 Å². The van der Waals surface area contributed by atoms with Crippen molar-refractivity contribution in [2.75, 3.05) is 0 Å². The van der Waals surface area contributed by atoms with Gasteiger partial charge in [-0.3, -0.25) is 0 Å². The van der Waals surface area contributed by atoms with Crippen molar-refractivity contribution >= 4 is 27.7 Å². The van der Waals surface area contributed by atoms with E-state index in [1.54, 1.807) is 6.20 Å². The molecule has 94 valence electrons. The molecule has 1 heterocycles. The highest BCUT2D eigenvalue weighted by Gasteiger charge is 2.10. The average Bonchev–Trinajstić information content (AvgIpc) is 2.28. The summed E-state index contributed by atoms with van der Waals surface area (Å²) in [4.78, 5) is 9.74. The Hall–Kier alpha value is -0.910. The van der Waals surface area contributed by atoms with Crippen LogP contribution in [-0.2, 0) is 0 Å². The van der Waals surface area contributed by atoms with Crippen molar-refractivity contribution in [2.24, 2.45) is 5.73 Å². The fourth-order valence-electron chi connectivity index (χ4n) is 1.55. The molecule has 0 saturated heterocycles. The molecule has 1 aromatic carbocycles. The molecule has 0 fully saturated rings. The monoisotopic (exact) mass is 323 g/mol. The van der Waals surface area contributed by atoms with E-state index in [1.165, 1.54) is 11.8 Å². The van der Waals surface area contributed by atoms with Crippen molar-refractivity contribution in [1.29, 1.82) is 0 Å². The number of halogens is 1. The maximum atomic E-state index is 5.98. The van der Waals surface area contributed by atoms with Gasteiger partial charge in [0.25, 0.3) is 0 Å². The van der Waals surface area contributed by atoms with Crippen LogP contribution in [0.4, 0.5) is 0 Å². The van der Waals surface area contributed by atoms with E-state index in [0.29, 0.717) is 0 Å². The Morgan fingerprint density at radius 1 is 1.33 bits per heavy atom. The molecule has 0 saturated carbocycles. The molecule has 0 bridgehead atoms. The number of nitrogens with zero attached hydrogens (tertiary/aromatic N) is 2. The van der Waals surface area contributed by atoms with Crippen LogP contribution in [0.15, 0.2) is 45.0 Å². The third kappa shape index (κ3) is 3.31. The third-order valence-electron chi connectivity index (χ3n) is 2.44. The standard InChI is InChI=1S/C13H14BrN3S/c1-8-5-6-16-13(17-8)18-12-7-10(14)3-4-11(12)9(2)15/h3-7,9H,15H2,1-2H3. The normalized spacial score (nSPS) is 12.4. The van der Waals surface area contributed by atoms with Gasteiger partial charge in [0, 0.05) is 27.3 Å². The fraction of sp³-hybridized carbons (Fsp3) is 0.231. The van der Waals surface area contributed by atoms with E-state index in [0.717, 1.165) is 25.8 Å². The van der Waals surface area contributed by atoms with Gasteiger partial charge in [0.15, 0.2) is 5.16 Å². The van der Waals surface area contributed by atoms with Crippen molar-refractivity contribution in [1.82, 2.24) is 9.97 Å². The molecule has 0 aliphatic heterocycles. The first kappa shape index (κ1) is 13.5. The lowest BCUT2D eigenvalue weighted by Crippen LogP contribution is -2.06. The van der Waals surface area contributed by atoms with Crippen LogP contribution >= 0.6 is 27.7 Å². The van der Waals surface area contributed by atoms with Crippen LogP contribution in [0.2, 0.25) is 0 Å². The summed E-state index contributed by atoms with van der Waals surface area (Å²) in [7, 11) is 0. The second-order valence-corrected chi connectivity index (χ2v) is 5.98. The molecule has 0 radical (unpaired) electrons. The van der Waals surface area contributed by atoms with Gasteiger partial charge in [-0.05, 0) is 49.4 Å². The maximum Gasteiger partial charge on any atom is 0.192 e. The van der Waals surface area contributed by atoms with Crippen molar-refractivity contribution in [3.63, 3.8) is 0 Å². The molecule has 1 unspecified atom stereocenters. The highest BCUT2D eigenvalue weighted by atomic mass is 79.9. The summed E-state index contributed by atoms with van der Waals surface area (Å²) in [5.74, 6) is 0. The van der Waals surface area contributed by atoms with E-state index in [1.807, 2.05) is 32.0 Å². The van der Waals surface area contributed by atoms with Crippen molar-refractivity contribution in [3.05, 3.63) is 46.2 Å². The topological polar surface area (TPSA) is 51.8 Å². The molecule has 2 aromatic rings. The summed E-state index contributed by atoms with van der Waals surface area (Å²) in [5.41, 5.74) is 8.05. The SMILES string of the molecule is Cc1ccnc(Sc2cc(Br)ccc2C(C)N)n1. The zero-order valence-corrected chi connectivity index (χ0v) is 12.6. The Morgan fingerprint density at radius 2 is 2.11 bits per heavy atom. The molecule has 3 nitrogen and oxygen atoms in total. The van der Waals surface area contributed by atoms with E-state index in [2.05, 4.69) is 32.0 Å². The minimum atomic E-state index is -0.00888. The van der Waals surface area contributed by atoms with Gasteiger partial charge in [0.1, 0.15) is 0 Å². The third-order valence-corrected chi connectivity index (χ3v) is 3.89. The highest BCUT2D eigenvalue weighted by Crippen LogP contribution is 2.32. The Balaban J connectivity index is 2.36. The van der Waals surface area contributed by atoms with Crippen LogP contribution in [0.1, 0.15) is 24.2 Å². The highest BCUT2D eigenvalue weighted by molar-refractivity contribution is 9.10. The molecule has 0 aliphatic rings. The van der Waals surface area contributed by atoms with E-state index in [4.69, 9.17) is 5.73 Å². The van der Waals surface area contributed by atoms with Gasteiger partial charge in [-0.15, -0.1) is 0 Å². The van der Waals surface area contributed by atoms with Crippen molar-refractivity contribution in [2.45, 2.75) is 29.9 Å². The van der Waals surface area contributed by atoms with Gasteiger partial charge in [-0.25, -0.2) is 9.97 Å². The summed E-state index contributed by atoms with van der Waals surface area (Å²) in [6.07, 6.45) is 1.77. The van der Waals surface area contributed by atoms with E-state index < -0.39 is 0 Å². The molecule has 0 aliphatic carbocycles. The Bertz CT molecular complexity index is 558. The zero-order valence-electron chi connectivity index (χ0n) is 10.2. The maximum absolute atomic E-state index is 5.98. The minimum absolute atomic E-state index is 0.00888. The summed E-state index contributed by atoms with van der Waals surface area (Å²) in [6.45, 7) is 3.93. The first-order valence-corrected chi connectivity index (χ1v) is 7.20. The lowest BCUT2D eigenvalue weighted by atomic mass is 10.1. The number of hydrogen-bond acceptors (Lipinski definition) is 4. The quantitative estimate of drug-likeness (QED) is 0.874. The van der Waals surface area contributed by atoms with E-state index >= 15 is 0 Å². The molecule has 5 heteroatoms. The Kier molecular flexibility index (Phi) is 4.37. The van der Waals surface area contributed by atoms with Crippen LogP contribution in [0.25, 0.3) is 0 Å². The number of aromatic nitrogens is 2. The number of aryl methyl sites for hydroxylation is 1. The van der Waals surface area contributed by atoms with Gasteiger partial charge >= 0.3 is 0 Å². The summed E-state index contributed by atoms with van der Waals surface area (Å²) < 4.78 is 1.03. The van der Waals surface area contributed by atoms with E-state index in [-0.39, 0.29) is 6.04 Å². The van der Waals surface area contributed by atoms with Gasteiger partial charge in [-0.1, -0.05) is 22.0 Å². The molecular weight excluding hydrogens is 310 g/mol. The number of rotatable bonds is 3. The van der Waals surface area contributed by atoms with Crippen LogP contribution in [0.3, 0.4) is 0 Å². The smallest absolute Gasteiger partial charge is 0.192 e. The summed E-state index contributed by atoms with van der Waals surface area (Å²) in [6, 6.07) is 7.96. The second-order valence-electron chi connectivity index (χ2n) is 4.05. The number of benzene rings is 1. The molecule has 1 atom stereocenters. The molecule has 2 rings (SSSR count). The molecule has 0 spiro atoms. The molecule has 1 aromatic heterocycles. The summed E-state index contributed by atoms with van der Waals surface area (Å²) in [5, 5.41) is 0.745. The van der Waals surface area contributed by atoms with Crippen LogP contribution in [0, 0.1) is 6.92 Å². The van der Waals surface area contributed by atoms with Crippen LogP contribution in [0.5, 0.6) is 0 Å². The van der Waals surface area contributed by atoms with Crippen LogP contribution < -0.4 is 5.73 Å². The minimum Gasteiger partial charge on any atom is -0.324 e. The van der Waals surface area contributed by atoms with Gasteiger partial charge in [0.2, 0.25) is 0 Å². The predicted molar refractivity (Wildman–Crippen MR) is 77.6 cm³/mol. The van der Waals surface area contributed by atoms with Gasteiger partial charge < -0.3 is 5.73 Å². The lowest BCUT2D eigenvalue weighted by Gasteiger charge is -2.12. The first-order chi connectivity index (χ1) is 8.56. The van der Waals surface area contributed by atoms with Crippen molar-refractivity contribution in [3.8, 4) is 0 Å². The summed E-state index contributed by atoms with van der Waals surface area (Å²) >= 11 is 5.02. The Morgan fingerprint density at radius 3 is 2.78 bits per heavy atom. The number of hydrogen-bond donors (Lipinski definition) is 1. The zero-order chi connectivity index (χ0) is 13.1. The second kappa shape index (κ2) is 5.82. The average molecular weight is 324 g/mol. The molecule has 18 heavy (non-hydrogen) atoms.